The summed E-state index contributed by atoms with van der Waals surface area (Å²) in [6, 6.07) is 0.102. The Hall–Kier alpha value is -0.485. The van der Waals surface area contributed by atoms with Crippen molar-refractivity contribution < 1.29 is 17.7 Å². The molecule has 1 heterocycles. The van der Waals surface area contributed by atoms with Gasteiger partial charge in [-0.1, -0.05) is 0 Å². The molecule has 0 aliphatic carbocycles. The second kappa shape index (κ2) is 4.36. The molecule has 0 spiro atoms. The summed E-state index contributed by atoms with van der Waals surface area (Å²) >= 11 is 0. The molecular formula is C8H14BF3NO-. The molecule has 1 aliphatic heterocycles. The molecule has 82 valence electrons. The molecule has 0 N–H and O–H groups in total. The van der Waals surface area contributed by atoms with Gasteiger partial charge in [0.15, 0.2) is 0 Å². The molecule has 0 amide bonds. The van der Waals surface area contributed by atoms with Crippen molar-refractivity contribution in [3.05, 3.63) is 12.1 Å². The minimum atomic E-state index is -4.90. The first-order chi connectivity index (χ1) is 6.41. The van der Waals surface area contributed by atoms with Crippen LogP contribution in [0, 0.1) is 0 Å². The Morgan fingerprint density at radius 3 is 2.64 bits per heavy atom. The Morgan fingerprint density at radius 1 is 1.57 bits per heavy atom. The minimum Gasteiger partial charge on any atom is -0.445 e. The van der Waals surface area contributed by atoms with E-state index >= 15 is 0 Å². The number of hydrogen-bond donors (Lipinski definition) is 0. The molecule has 14 heavy (non-hydrogen) atoms. The van der Waals surface area contributed by atoms with E-state index in [1.54, 1.807) is 11.9 Å². The molecule has 1 atom stereocenters. The van der Waals surface area contributed by atoms with Crippen LogP contribution in [0.4, 0.5) is 12.9 Å². The Balaban J connectivity index is 2.39. The predicted octanol–water partition coefficient (Wildman–Crippen LogP) is 1.65. The highest BCUT2D eigenvalue weighted by molar-refractivity contribution is 6.66. The summed E-state index contributed by atoms with van der Waals surface area (Å²) in [5.41, 5.74) is -0.639. The van der Waals surface area contributed by atoms with Crippen LogP contribution in [0.25, 0.3) is 0 Å². The van der Waals surface area contributed by atoms with E-state index in [4.69, 9.17) is 4.74 Å². The van der Waals surface area contributed by atoms with Gasteiger partial charge in [-0.15, -0.1) is 12.1 Å². The normalized spacial score (nSPS) is 23.1. The molecule has 1 unspecified atom stereocenters. The van der Waals surface area contributed by atoms with Gasteiger partial charge in [0.25, 0.3) is 0 Å². The second-order valence-electron chi connectivity index (χ2n) is 3.67. The van der Waals surface area contributed by atoms with Gasteiger partial charge in [-0.2, -0.15) is 0 Å². The first-order valence-corrected chi connectivity index (χ1v) is 4.57. The Morgan fingerprint density at radius 2 is 2.21 bits per heavy atom. The van der Waals surface area contributed by atoms with Crippen LogP contribution in [-0.4, -0.2) is 44.7 Å². The predicted molar refractivity (Wildman–Crippen MR) is 50.1 cm³/mol. The number of ether oxygens (including phenoxy) is 1. The molecule has 0 aromatic rings. The van der Waals surface area contributed by atoms with E-state index in [9.17, 15) is 12.9 Å². The van der Waals surface area contributed by atoms with Crippen LogP contribution >= 0.6 is 0 Å². The van der Waals surface area contributed by atoms with Crippen molar-refractivity contribution in [2.75, 3.05) is 26.8 Å². The van der Waals surface area contributed by atoms with Crippen LogP contribution in [0.15, 0.2) is 12.1 Å². The molecule has 0 saturated carbocycles. The molecular weight excluding hydrogens is 194 g/mol. The zero-order valence-corrected chi connectivity index (χ0v) is 8.18. The summed E-state index contributed by atoms with van der Waals surface area (Å²) in [6.45, 7) is -0.795. The molecule has 0 aromatic heterocycles. The zero-order valence-electron chi connectivity index (χ0n) is 8.18. The first-order valence-electron chi connectivity index (χ1n) is 4.57. The number of halogens is 3. The van der Waals surface area contributed by atoms with Crippen LogP contribution in [0.2, 0.25) is 0 Å². The van der Waals surface area contributed by atoms with Crippen molar-refractivity contribution in [2.45, 2.75) is 12.5 Å². The fraction of sp³-hybridized carbons (Fsp3) is 0.750. The number of hydrogen-bond acceptors (Lipinski definition) is 2. The van der Waals surface area contributed by atoms with Gasteiger partial charge >= 0.3 is 6.98 Å². The summed E-state index contributed by atoms with van der Waals surface area (Å²) in [6.07, 6.45) is 0.800. The highest BCUT2D eigenvalue weighted by atomic mass is 19.4. The van der Waals surface area contributed by atoms with E-state index in [-0.39, 0.29) is 12.6 Å². The molecule has 0 bridgehead atoms. The topological polar surface area (TPSA) is 12.5 Å². The SMILES string of the molecule is C=C(CN(C)C1CCOC1)[B-](F)(F)F. The van der Waals surface area contributed by atoms with E-state index in [1.807, 2.05) is 0 Å². The van der Waals surface area contributed by atoms with Crippen LogP contribution in [-0.2, 0) is 4.74 Å². The highest BCUT2D eigenvalue weighted by Gasteiger charge is 2.29. The first kappa shape index (κ1) is 11.6. The monoisotopic (exact) mass is 208 g/mol. The summed E-state index contributed by atoms with van der Waals surface area (Å²) in [7, 11) is 1.67. The van der Waals surface area contributed by atoms with Crippen molar-refractivity contribution in [3.8, 4) is 0 Å². The second-order valence-corrected chi connectivity index (χ2v) is 3.67. The number of nitrogens with zero attached hydrogens (tertiary/aromatic N) is 1. The molecule has 1 saturated heterocycles. The molecule has 2 nitrogen and oxygen atoms in total. The maximum atomic E-state index is 12.2. The summed E-state index contributed by atoms with van der Waals surface area (Å²) < 4.78 is 41.7. The molecule has 0 aromatic carbocycles. The lowest BCUT2D eigenvalue weighted by molar-refractivity contribution is 0.164. The van der Waals surface area contributed by atoms with Crippen molar-refractivity contribution in [3.63, 3.8) is 0 Å². The third kappa shape index (κ3) is 3.03. The zero-order chi connectivity index (χ0) is 10.8. The summed E-state index contributed by atoms with van der Waals surface area (Å²) in [4.78, 5) is 1.66. The van der Waals surface area contributed by atoms with Crippen LogP contribution in [0.5, 0.6) is 0 Å². The van der Waals surface area contributed by atoms with E-state index < -0.39 is 12.4 Å². The number of rotatable bonds is 4. The fourth-order valence-corrected chi connectivity index (χ4v) is 1.42. The molecule has 1 rings (SSSR count). The summed E-state index contributed by atoms with van der Waals surface area (Å²) in [5.74, 6) is 0. The third-order valence-electron chi connectivity index (χ3n) is 2.44. The smallest absolute Gasteiger partial charge is 0.445 e. The van der Waals surface area contributed by atoms with Crippen molar-refractivity contribution in [2.24, 2.45) is 0 Å². The van der Waals surface area contributed by atoms with Crippen molar-refractivity contribution >= 4 is 6.98 Å². The Bertz CT molecular complexity index is 213. The van der Waals surface area contributed by atoms with Crippen LogP contribution in [0.3, 0.4) is 0 Å². The Kier molecular flexibility index (Phi) is 3.61. The third-order valence-corrected chi connectivity index (χ3v) is 2.44. The van der Waals surface area contributed by atoms with Crippen molar-refractivity contribution in [1.29, 1.82) is 0 Å². The molecule has 6 heteroatoms. The fourth-order valence-electron chi connectivity index (χ4n) is 1.42. The lowest BCUT2D eigenvalue weighted by atomic mass is 9.80. The van der Waals surface area contributed by atoms with E-state index in [2.05, 4.69) is 6.58 Å². The van der Waals surface area contributed by atoms with Gasteiger partial charge in [0.2, 0.25) is 0 Å². The van der Waals surface area contributed by atoms with Crippen LogP contribution in [0.1, 0.15) is 6.42 Å². The maximum Gasteiger partial charge on any atom is 0.506 e. The lowest BCUT2D eigenvalue weighted by Gasteiger charge is -2.27. The average molecular weight is 208 g/mol. The van der Waals surface area contributed by atoms with E-state index in [0.717, 1.165) is 6.42 Å². The lowest BCUT2D eigenvalue weighted by Crippen LogP contribution is -2.37. The quantitative estimate of drug-likeness (QED) is 0.651. The number of likely N-dealkylation sites (N-methyl/N-ethyl adjacent to an activating group) is 1. The van der Waals surface area contributed by atoms with Gasteiger partial charge in [-0.25, -0.2) is 0 Å². The van der Waals surface area contributed by atoms with Gasteiger partial charge < -0.3 is 22.6 Å². The standard InChI is InChI=1S/C8H14BF3NO/c1-7(9(10,11)12)5-13(2)8-3-4-14-6-8/h8H,1,3-6H2,2H3/q-1. The Labute approximate surface area is 81.8 Å². The minimum absolute atomic E-state index is 0.102. The van der Waals surface area contributed by atoms with Gasteiger partial charge in [-0.3, -0.25) is 0 Å². The summed E-state index contributed by atoms with van der Waals surface area (Å²) in [5, 5.41) is 0. The average Bonchev–Trinajstić information content (AvgIpc) is 2.53. The maximum absolute atomic E-state index is 12.2. The van der Waals surface area contributed by atoms with Gasteiger partial charge in [0, 0.05) is 12.6 Å². The van der Waals surface area contributed by atoms with E-state index in [1.165, 1.54) is 0 Å². The van der Waals surface area contributed by atoms with E-state index in [0.29, 0.717) is 13.2 Å². The highest BCUT2D eigenvalue weighted by Crippen LogP contribution is 2.20. The molecule has 0 radical (unpaired) electrons. The largest absolute Gasteiger partial charge is 0.506 e. The van der Waals surface area contributed by atoms with Crippen molar-refractivity contribution in [1.82, 2.24) is 4.90 Å². The van der Waals surface area contributed by atoms with Gasteiger partial charge in [0.1, 0.15) is 0 Å². The van der Waals surface area contributed by atoms with Gasteiger partial charge in [0.05, 0.1) is 6.61 Å². The van der Waals surface area contributed by atoms with Gasteiger partial charge in [-0.05, 0) is 20.0 Å². The van der Waals surface area contributed by atoms with Crippen LogP contribution < -0.4 is 0 Å². The molecule has 1 fully saturated rings. The molecule has 1 aliphatic rings.